The zero-order valence-corrected chi connectivity index (χ0v) is 15.0. The van der Waals surface area contributed by atoms with Crippen molar-refractivity contribution in [2.75, 3.05) is 25.2 Å². The Balaban J connectivity index is 1.50. The van der Waals surface area contributed by atoms with Crippen molar-refractivity contribution in [3.63, 3.8) is 0 Å². The third-order valence-electron chi connectivity index (χ3n) is 4.16. The van der Waals surface area contributed by atoms with E-state index in [1.54, 1.807) is 25.3 Å². The fourth-order valence-corrected chi connectivity index (χ4v) is 4.53. The fraction of sp³-hybridized carbons (Fsp3) is 0.412. The maximum atomic E-state index is 12.0. The van der Waals surface area contributed by atoms with Crippen molar-refractivity contribution in [2.24, 2.45) is 0 Å². The van der Waals surface area contributed by atoms with Crippen LogP contribution in [0, 0.1) is 0 Å². The van der Waals surface area contributed by atoms with Crippen LogP contribution in [0.25, 0.3) is 11.0 Å². The number of furan rings is 1. The lowest BCUT2D eigenvalue weighted by Crippen LogP contribution is -2.38. The zero-order chi connectivity index (χ0) is 18.7. The Labute approximate surface area is 150 Å². The van der Waals surface area contributed by atoms with E-state index in [0.717, 1.165) is 5.39 Å². The van der Waals surface area contributed by atoms with Gasteiger partial charge in [-0.05, 0) is 18.6 Å². The number of nitrogens with one attached hydrogen (secondary N) is 1. The molecule has 1 aromatic carbocycles. The Bertz CT molecular complexity index is 932. The quantitative estimate of drug-likeness (QED) is 0.738. The summed E-state index contributed by atoms with van der Waals surface area (Å²) in [6.07, 6.45) is 1.81. The molecular weight excluding hydrogens is 362 g/mol. The van der Waals surface area contributed by atoms with Crippen molar-refractivity contribution < 1.29 is 31.9 Å². The number of carbonyl (C=O) groups is 2. The highest BCUT2D eigenvalue weighted by Crippen LogP contribution is 2.26. The Kier molecular flexibility index (Phi) is 5.17. The predicted molar refractivity (Wildman–Crippen MR) is 92.6 cm³/mol. The van der Waals surface area contributed by atoms with Crippen molar-refractivity contribution in [2.45, 2.75) is 18.9 Å². The third-order valence-corrected chi connectivity index (χ3v) is 5.93. The number of hydrogen-bond acceptors (Lipinski definition) is 7. The Hall–Kier alpha value is -2.55. The lowest BCUT2D eigenvalue weighted by molar-refractivity contribution is -0.148. The van der Waals surface area contributed by atoms with Crippen LogP contribution in [0.15, 0.2) is 28.9 Å². The summed E-state index contributed by atoms with van der Waals surface area (Å²) in [4.78, 5) is 23.7. The Morgan fingerprint density at radius 3 is 2.85 bits per heavy atom. The SMILES string of the molecule is COc1ccc2c(CC(=O)OCC(=O)N[C@H]3CCS(=O)(=O)C3)coc2c1. The van der Waals surface area contributed by atoms with E-state index in [9.17, 15) is 18.0 Å². The van der Waals surface area contributed by atoms with Crippen molar-refractivity contribution in [1.82, 2.24) is 5.32 Å². The smallest absolute Gasteiger partial charge is 0.310 e. The number of rotatable bonds is 6. The van der Waals surface area contributed by atoms with Crippen molar-refractivity contribution in [3.05, 3.63) is 30.0 Å². The molecule has 2 heterocycles. The van der Waals surface area contributed by atoms with Crippen molar-refractivity contribution in [1.29, 1.82) is 0 Å². The molecule has 3 rings (SSSR count). The lowest BCUT2D eigenvalue weighted by Gasteiger charge is -2.10. The minimum absolute atomic E-state index is 0.0373. The minimum Gasteiger partial charge on any atom is -0.497 e. The van der Waals surface area contributed by atoms with Crippen LogP contribution in [-0.2, 0) is 30.6 Å². The molecule has 26 heavy (non-hydrogen) atoms. The number of amides is 1. The molecule has 0 bridgehead atoms. The summed E-state index contributed by atoms with van der Waals surface area (Å²) < 4.78 is 38.2. The topological polar surface area (TPSA) is 112 Å². The highest BCUT2D eigenvalue weighted by atomic mass is 32.2. The highest BCUT2D eigenvalue weighted by Gasteiger charge is 2.29. The van der Waals surface area contributed by atoms with E-state index in [0.29, 0.717) is 23.3 Å². The Morgan fingerprint density at radius 2 is 2.15 bits per heavy atom. The van der Waals surface area contributed by atoms with Gasteiger partial charge in [-0.3, -0.25) is 9.59 Å². The average molecular weight is 381 g/mol. The van der Waals surface area contributed by atoms with E-state index in [4.69, 9.17) is 13.9 Å². The van der Waals surface area contributed by atoms with Gasteiger partial charge in [0.15, 0.2) is 16.4 Å². The summed E-state index contributed by atoms with van der Waals surface area (Å²) in [6.45, 7) is -0.445. The number of fused-ring (bicyclic) bond motifs is 1. The van der Waals surface area contributed by atoms with Gasteiger partial charge >= 0.3 is 5.97 Å². The lowest BCUT2D eigenvalue weighted by atomic mass is 10.1. The first kappa shape index (κ1) is 18.2. The summed E-state index contributed by atoms with van der Waals surface area (Å²) >= 11 is 0. The molecule has 9 heteroatoms. The molecule has 140 valence electrons. The normalized spacial score (nSPS) is 18.6. The molecule has 1 aliphatic rings. The average Bonchev–Trinajstić information content (AvgIpc) is 3.15. The first-order chi connectivity index (χ1) is 12.4. The van der Waals surface area contributed by atoms with Gasteiger partial charge in [0.1, 0.15) is 11.3 Å². The summed E-state index contributed by atoms with van der Waals surface area (Å²) in [5.41, 5.74) is 1.24. The first-order valence-corrected chi connectivity index (χ1v) is 9.88. The van der Waals surface area contributed by atoms with Crippen LogP contribution in [0.2, 0.25) is 0 Å². The number of carbonyl (C=O) groups excluding carboxylic acids is 2. The summed E-state index contributed by atoms with van der Waals surface area (Å²) in [5.74, 6) is -0.445. The largest absolute Gasteiger partial charge is 0.497 e. The molecule has 0 unspecified atom stereocenters. The van der Waals surface area contributed by atoms with E-state index in [-0.39, 0.29) is 17.9 Å². The van der Waals surface area contributed by atoms with Crippen LogP contribution >= 0.6 is 0 Å². The van der Waals surface area contributed by atoms with Crippen LogP contribution in [0.5, 0.6) is 5.75 Å². The summed E-state index contributed by atoms with van der Waals surface area (Å²) in [5, 5.41) is 3.33. The molecule has 8 nitrogen and oxygen atoms in total. The molecule has 0 saturated carbocycles. The van der Waals surface area contributed by atoms with Crippen LogP contribution in [0.3, 0.4) is 0 Å². The van der Waals surface area contributed by atoms with Gasteiger partial charge in [0, 0.05) is 23.1 Å². The zero-order valence-electron chi connectivity index (χ0n) is 14.2. The third kappa shape index (κ3) is 4.34. The maximum absolute atomic E-state index is 12.0. The standard InChI is InChI=1S/C17H19NO7S/c1-23-13-2-3-14-11(8-24-15(14)7-13)6-17(20)25-9-16(19)18-12-4-5-26(21,22)10-12/h2-3,7-8,12H,4-6,9-10H2,1H3,(H,18,19)/t12-/m0/s1. The number of ether oxygens (including phenoxy) is 2. The van der Waals surface area contributed by atoms with Crippen LogP contribution in [-0.4, -0.2) is 51.6 Å². The molecule has 2 aromatic rings. The van der Waals surface area contributed by atoms with E-state index in [1.165, 1.54) is 6.26 Å². The molecule has 0 spiro atoms. The van der Waals surface area contributed by atoms with Gasteiger partial charge in [-0.2, -0.15) is 0 Å². The molecule has 0 aliphatic carbocycles. The van der Waals surface area contributed by atoms with Gasteiger partial charge in [0.25, 0.3) is 5.91 Å². The second-order valence-electron chi connectivity index (χ2n) is 6.13. The summed E-state index contributed by atoms with van der Waals surface area (Å²) in [6, 6.07) is 4.84. The number of benzene rings is 1. The van der Waals surface area contributed by atoms with Crippen LogP contribution < -0.4 is 10.1 Å². The molecule has 1 aliphatic heterocycles. The molecule has 1 atom stereocenters. The molecular formula is C17H19NO7S. The number of methoxy groups -OCH3 is 1. The molecule has 1 N–H and O–H groups in total. The van der Waals surface area contributed by atoms with Crippen molar-refractivity contribution >= 4 is 32.7 Å². The van der Waals surface area contributed by atoms with E-state index in [1.807, 2.05) is 0 Å². The minimum atomic E-state index is -3.07. The van der Waals surface area contributed by atoms with Crippen LogP contribution in [0.1, 0.15) is 12.0 Å². The molecule has 1 fully saturated rings. The molecule has 1 amide bonds. The highest BCUT2D eigenvalue weighted by molar-refractivity contribution is 7.91. The molecule has 1 aromatic heterocycles. The van der Waals surface area contributed by atoms with Gasteiger partial charge in [-0.25, -0.2) is 8.42 Å². The van der Waals surface area contributed by atoms with Gasteiger partial charge in [-0.1, -0.05) is 0 Å². The van der Waals surface area contributed by atoms with Gasteiger partial charge in [0.2, 0.25) is 0 Å². The van der Waals surface area contributed by atoms with Gasteiger partial charge in [-0.15, -0.1) is 0 Å². The molecule has 0 radical (unpaired) electrons. The Morgan fingerprint density at radius 1 is 1.35 bits per heavy atom. The monoisotopic (exact) mass is 381 g/mol. The fourth-order valence-electron chi connectivity index (χ4n) is 2.86. The maximum Gasteiger partial charge on any atom is 0.310 e. The summed E-state index contributed by atoms with van der Waals surface area (Å²) in [7, 11) is -1.52. The van der Waals surface area contributed by atoms with E-state index >= 15 is 0 Å². The van der Waals surface area contributed by atoms with Gasteiger partial charge in [0.05, 0.1) is 31.3 Å². The number of esters is 1. The number of sulfone groups is 1. The van der Waals surface area contributed by atoms with Crippen LogP contribution in [0.4, 0.5) is 0 Å². The second kappa shape index (κ2) is 7.36. The van der Waals surface area contributed by atoms with Gasteiger partial charge < -0.3 is 19.2 Å². The second-order valence-corrected chi connectivity index (χ2v) is 8.36. The van der Waals surface area contributed by atoms with Crippen molar-refractivity contribution in [3.8, 4) is 5.75 Å². The number of hydrogen-bond donors (Lipinski definition) is 1. The first-order valence-electron chi connectivity index (χ1n) is 8.06. The van der Waals surface area contributed by atoms with E-state index < -0.39 is 34.4 Å². The predicted octanol–water partition coefficient (Wildman–Crippen LogP) is 0.830. The molecule has 1 saturated heterocycles. The van der Waals surface area contributed by atoms with E-state index in [2.05, 4.69) is 5.32 Å².